The summed E-state index contributed by atoms with van der Waals surface area (Å²) in [6, 6.07) is 7.92. The van der Waals surface area contributed by atoms with E-state index in [2.05, 4.69) is 14.9 Å². The van der Waals surface area contributed by atoms with Crippen LogP contribution >= 0.6 is 11.5 Å². The summed E-state index contributed by atoms with van der Waals surface area (Å²) in [5.41, 5.74) is 1.99. The van der Waals surface area contributed by atoms with Crippen LogP contribution in [-0.4, -0.2) is 22.1 Å². The van der Waals surface area contributed by atoms with Crippen molar-refractivity contribution >= 4 is 17.4 Å². The summed E-state index contributed by atoms with van der Waals surface area (Å²) in [5.74, 6) is 0.924. The van der Waals surface area contributed by atoms with Gasteiger partial charge >= 0.3 is 0 Å². The molecule has 0 radical (unpaired) electrons. The number of hydrogen-bond donors (Lipinski definition) is 1. The zero-order valence-corrected chi connectivity index (χ0v) is 12.7. The fourth-order valence-electron chi connectivity index (χ4n) is 2.44. The third-order valence-corrected chi connectivity index (χ3v) is 4.53. The maximum Gasteiger partial charge on any atom is 0.223 e. The number of fused-ring (bicyclic) bond motifs is 1. The molecule has 5 nitrogen and oxygen atoms in total. The maximum atomic E-state index is 12.4. The van der Waals surface area contributed by atoms with Gasteiger partial charge in [0.2, 0.25) is 5.91 Å². The lowest BCUT2D eigenvalue weighted by molar-refractivity contribution is -0.125. The van der Waals surface area contributed by atoms with Crippen molar-refractivity contribution in [3.63, 3.8) is 0 Å². The Morgan fingerprint density at radius 2 is 2.33 bits per heavy atom. The highest BCUT2D eigenvalue weighted by atomic mass is 32.1. The molecule has 1 N–H and O–H groups in total. The zero-order valence-electron chi connectivity index (χ0n) is 11.8. The molecule has 2 heterocycles. The van der Waals surface area contributed by atoms with E-state index >= 15 is 0 Å². The van der Waals surface area contributed by atoms with E-state index in [4.69, 9.17) is 4.74 Å². The number of nitrogens with zero attached hydrogens (tertiary/aromatic N) is 2. The maximum absolute atomic E-state index is 12.4. The summed E-state index contributed by atoms with van der Waals surface area (Å²) < 4.78 is 9.58. The first-order valence-corrected chi connectivity index (χ1v) is 7.77. The van der Waals surface area contributed by atoms with Crippen LogP contribution in [0.25, 0.3) is 0 Å². The Bertz CT molecular complexity index is 641. The van der Waals surface area contributed by atoms with Crippen molar-refractivity contribution in [2.24, 2.45) is 5.92 Å². The molecular formula is C15H17N3O2S. The highest BCUT2D eigenvalue weighted by molar-refractivity contribution is 7.05. The second kappa shape index (κ2) is 6.22. The van der Waals surface area contributed by atoms with Crippen molar-refractivity contribution in [3.8, 4) is 5.75 Å². The van der Waals surface area contributed by atoms with Crippen LogP contribution in [0.4, 0.5) is 0 Å². The molecule has 0 aliphatic carbocycles. The Balaban J connectivity index is 1.64. The molecule has 3 rings (SSSR count). The molecule has 1 aromatic heterocycles. The quantitative estimate of drug-likeness (QED) is 0.943. The minimum Gasteiger partial charge on any atom is -0.493 e. The first-order valence-electron chi connectivity index (χ1n) is 7.00. The molecule has 1 aliphatic rings. The SMILES string of the molecule is Cc1nnsc1CNC(=O)[C@@H]1CCOc2ccccc2C1. The van der Waals surface area contributed by atoms with Gasteiger partial charge in [-0.15, -0.1) is 5.10 Å². The Morgan fingerprint density at radius 1 is 1.48 bits per heavy atom. The van der Waals surface area contributed by atoms with Gasteiger partial charge in [-0.3, -0.25) is 4.79 Å². The number of rotatable bonds is 3. The van der Waals surface area contributed by atoms with Gasteiger partial charge in [-0.1, -0.05) is 22.7 Å². The number of aromatic nitrogens is 2. The Hall–Kier alpha value is -1.95. The lowest BCUT2D eigenvalue weighted by atomic mass is 9.96. The molecule has 0 fully saturated rings. The summed E-state index contributed by atoms with van der Waals surface area (Å²) >= 11 is 1.33. The standard InChI is InChI=1S/C15H17N3O2S/c1-10-14(21-18-17-10)9-16-15(19)12-6-7-20-13-5-3-2-4-11(13)8-12/h2-5,12H,6-9H2,1H3,(H,16,19)/t12-/m1/s1. The monoisotopic (exact) mass is 303 g/mol. The summed E-state index contributed by atoms with van der Waals surface area (Å²) in [6.45, 7) is 2.98. The van der Waals surface area contributed by atoms with Crippen molar-refractivity contribution in [2.45, 2.75) is 26.3 Å². The molecule has 0 saturated carbocycles. The Morgan fingerprint density at radius 3 is 3.14 bits per heavy atom. The number of benzene rings is 1. The number of carbonyl (C=O) groups excluding carboxylic acids is 1. The van der Waals surface area contributed by atoms with Gasteiger partial charge in [0, 0.05) is 5.92 Å². The minimum absolute atomic E-state index is 0.0464. The topological polar surface area (TPSA) is 64.1 Å². The molecule has 0 bridgehead atoms. The van der Waals surface area contributed by atoms with Crippen molar-refractivity contribution in [1.29, 1.82) is 0 Å². The van der Waals surface area contributed by atoms with Crippen molar-refractivity contribution in [1.82, 2.24) is 14.9 Å². The number of carbonyl (C=O) groups is 1. The van der Waals surface area contributed by atoms with Gasteiger partial charge in [0.15, 0.2) is 0 Å². The van der Waals surface area contributed by atoms with Gasteiger partial charge in [0.05, 0.1) is 23.7 Å². The molecule has 6 heteroatoms. The number of para-hydroxylation sites is 1. The third-order valence-electron chi connectivity index (χ3n) is 3.70. The van der Waals surface area contributed by atoms with Crippen molar-refractivity contribution in [3.05, 3.63) is 40.4 Å². The van der Waals surface area contributed by atoms with E-state index in [0.717, 1.165) is 34.7 Å². The predicted molar refractivity (Wildman–Crippen MR) is 80.2 cm³/mol. The first kappa shape index (κ1) is 14.0. The molecule has 21 heavy (non-hydrogen) atoms. The summed E-state index contributed by atoms with van der Waals surface area (Å²) in [6.07, 6.45) is 1.46. The number of nitrogens with one attached hydrogen (secondary N) is 1. The summed E-state index contributed by atoms with van der Waals surface area (Å²) in [5, 5.41) is 6.94. The normalized spacial score (nSPS) is 17.5. The molecule has 110 valence electrons. The molecule has 1 aromatic carbocycles. The molecule has 0 spiro atoms. The molecule has 0 unspecified atom stereocenters. The van der Waals surface area contributed by atoms with Gasteiger partial charge in [-0.25, -0.2) is 0 Å². The van der Waals surface area contributed by atoms with E-state index in [1.165, 1.54) is 11.5 Å². The van der Waals surface area contributed by atoms with Gasteiger partial charge in [-0.05, 0) is 42.9 Å². The predicted octanol–water partition coefficient (Wildman–Crippen LogP) is 2.10. The molecule has 2 aromatic rings. The van der Waals surface area contributed by atoms with Crippen LogP contribution < -0.4 is 10.1 Å². The molecular weight excluding hydrogens is 286 g/mol. The Labute approximate surface area is 127 Å². The average molecular weight is 303 g/mol. The fourth-order valence-corrected chi connectivity index (χ4v) is 3.01. The van der Waals surface area contributed by atoms with Crippen LogP contribution in [0.15, 0.2) is 24.3 Å². The zero-order chi connectivity index (χ0) is 14.7. The van der Waals surface area contributed by atoms with Gasteiger partial charge < -0.3 is 10.1 Å². The van der Waals surface area contributed by atoms with E-state index in [9.17, 15) is 4.79 Å². The number of aryl methyl sites for hydroxylation is 1. The number of amides is 1. The first-order chi connectivity index (χ1) is 10.2. The van der Waals surface area contributed by atoms with Crippen LogP contribution in [0, 0.1) is 12.8 Å². The molecule has 1 aliphatic heterocycles. The minimum atomic E-state index is -0.0464. The van der Waals surface area contributed by atoms with Gasteiger partial charge in [-0.2, -0.15) is 0 Å². The summed E-state index contributed by atoms with van der Waals surface area (Å²) in [7, 11) is 0. The largest absolute Gasteiger partial charge is 0.493 e. The second-order valence-electron chi connectivity index (χ2n) is 5.15. The van der Waals surface area contributed by atoms with Crippen LogP contribution in [0.1, 0.15) is 22.6 Å². The van der Waals surface area contributed by atoms with E-state index in [1.807, 2.05) is 31.2 Å². The number of ether oxygens (including phenoxy) is 1. The van der Waals surface area contributed by atoms with E-state index in [0.29, 0.717) is 13.2 Å². The highest BCUT2D eigenvalue weighted by Crippen LogP contribution is 2.26. The van der Waals surface area contributed by atoms with Crippen LogP contribution in [0.2, 0.25) is 0 Å². The van der Waals surface area contributed by atoms with E-state index in [1.54, 1.807) is 0 Å². The third kappa shape index (κ3) is 3.21. The molecule has 1 atom stereocenters. The second-order valence-corrected chi connectivity index (χ2v) is 5.98. The smallest absolute Gasteiger partial charge is 0.223 e. The Kier molecular flexibility index (Phi) is 4.15. The van der Waals surface area contributed by atoms with Crippen LogP contribution in [-0.2, 0) is 17.8 Å². The lowest BCUT2D eigenvalue weighted by Gasteiger charge is -2.13. The highest BCUT2D eigenvalue weighted by Gasteiger charge is 2.23. The van der Waals surface area contributed by atoms with E-state index < -0.39 is 0 Å². The fraction of sp³-hybridized carbons (Fsp3) is 0.400. The van der Waals surface area contributed by atoms with Gasteiger partial charge in [0.1, 0.15) is 5.75 Å². The van der Waals surface area contributed by atoms with Gasteiger partial charge in [0.25, 0.3) is 0 Å². The molecule has 0 saturated heterocycles. The van der Waals surface area contributed by atoms with Crippen molar-refractivity contribution < 1.29 is 9.53 Å². The summed E-state index contributed by atoms with van der Waals surface area (Å²) in [4.78, 5) is 13.4. The van der Waals surface area contributed by atoms with E-state index in [-0.39, 0.29) is 11.8 Å². The number of hydrogen-bond acceptors (Lipinski definition) is 5. The average Bonchev–Trinajstić information content (AvgIpc) is 2.78. The molecule has 1 amide bonds. The van der Waals surface area contributed by atoms with Crippen molar-refractivity contribution in [2.75, 3.05) is 6.61 Å². The van der Waals surface area contributed by atoms with Crippen LogP contribution in [0.3, 0.4) is 0 Å². The lowest BCUT2D eigenvalue weighted by Crippen LogP contribution is -2.31. The van der Waals surface area contributed by atoms with Crippen LogP contribution in [0.5, 0.6) is 5.75 Å².